The van der Waals surface area contributed by atoms with Crippen molar-refractivity contribution in [2.75, 3.05) is 0 Å². The van der Waals surface area contributed by atoms with Crippen LogP contribution in [-0.2, 0) is 12.8 Å². The molecule has 0 saturated carbocycles. The van der Waals surface area contributed by atoms with Gasteiger partial charge in [0.15, 0.2) is 0 Å². The number of aryl methyl sites for hydroxylation is 4. The van der Waals surface area contributed by atoms with Crippen LogP contribution in [0.2, 0.25) is 0 Å². The van der Waals surface area contributed by atoms with Crippen LogP contribution in [0.1, 0.15) is 34.9 Å². The van der Waals surface area contributed by atoms with Gasteiger partial charge in [0, 0.05) is 5.56 Å². The molecule has 2 nitrogen and oxygen atoms in total. The number of benzene rings is 2. The number of aromatic nitrogens is 1. The van der Waals surface area contributed by atoms with Crippen LogP contribution in [0.4, 0.5) is 0 Å². The Morgan fingerprint density at radius 3 is 2.67 bits per heavy atom. The lowest BCUT2D eigenvalue weighted by Crippen LogP contribution is -1.96. The predicted molar refractivity (Wildman–Crippen MR) is 100.0 cm³/mol. The summed E-state index contributed by atoms with van der Waals surface area (Å²) in [6.45, 7) is 6.12. The van der Waals surface area contributed by atoms with Crippen LogP contribution in [0.15, 0.2) is 59.2 Å². The van der Waals surface area contributed by atoms with Crippen molar-refractivity contribution >= 4 is 6.08 Å². The van der Waals surface area contributed by atoms with Crippen LogP contribution in [0.3, 0.4) is 0 Å². The first-order chi connectivity index (χ1) is 11.7. The number of rotatable bonds is 5. The Bertz CT molecular complexity index is 858. The van der Waals surface area contributed by atoms with E-state index in [2.05, 4.69) is 66.5 Å². The molecule has 0 radical (unpaired) electrons. The fourth-order valence-electron chi connectivity index (χ4n) is 2.94. The summed E-state index contributed by atoms with van der Waals surface area (Å²) in [5, 5.41) is 0. The quantitative estimate of drug-likeness (QED) is 0.596. The molecule has 0 fully saturated rings. The molecule has 0 unspecified atom stereocenters. The molecule has 0 aliphatic rings. The van der Waals surface area contributed by atoms with E-state index in [1.807, 2.05) is 13.8 Å². The van der Waals surface area contributed by atoms with Crippen LogP contribution in [0.5, 0.6) is 0 Å². The Hall–Kier alpha value is -2.61. The van der Waals surface area contributed by atoms with Crippen molar-refractivity contribution in [3.63, 3.8) is 0 Å². The first kappa shape index (κ1) is 16.3. The highest BCUT2D eigenvalue weighted by Gasteiger charge is 2.11. The second-order valence-electron chi connectivity index (χ2n) is 6.20. The van der Waals surface area contributed by atoms with E-state index in [4.69, 9.17) is 4.42 Å². The zero-order chi connectivity index (χ0) is 16.9. The molecule has 0 bridgehead atoms. The first-order valence-corrected chi connectivity index (χ1v) is 8.39. The molecule has 3 rings (SSSR count). The third-order valence-electron chi connectivity index (χ3n) is 4.10. The Balaban J connectivity index is 1.84. The van der Waals surface area contributed by atoms with E-state index < -0.39 is 0 Å². The summed E-state index contributed by atoms with van der Waals surface area (Å²) in [5.41, 5.74) is 7.16. The smallest absolute Gasteiger partial charge is 0.226 e. The van der Waals surface area contributed by atoms with Crippen molar-refractivity contribution < 1.29 is 4.42 Å². The third kappa shape index (κ3) is 3.83. The summed E-state index contributed by atoms with van der Waals surface area (Å²) in [6.07, 6.45) is 7.89. The van der Waals surface area contributed by atoms with Gasteiger partial charge in [0.05, 0.1) is 5.69 Å². The van der Waals surface area contributed by atoms with Gasteiger partial charge in [-0.2, -0.15) is 0 Å². The van der Waals surface area contributed by atoms with Crippen molar-refractivity contribution in [2.24, 2.45) is 0 Å². The molecule has 0 aliphatic heterocycles. The maximum atomic E-state index is 5.61. The minimum Gasteiger partial charge on any atom is -0.444 e. The molecule has 0 aliphatic carbocycles. The van der Waals surface area contributed by atoms with E-state index in [9.17, 15) is 0 Å². The van der Waals surface area contributed by atoms with Crippen molar-refractivity contribution in [3.05, 3.63) is 82.8 Å². The molecular weight excluding hydrogens is 294 g/mol. The van der Waals surface area contributed by atoms with Gasteiger partial charge < -0.3 is 4.42 Å². The zero-order valence-corrected chi connectivity index (χ0v) is 14.5. The fourth-order valence-corrected chi connectivity index (χ4v) is 2.94. The molecule has 122 valence electrons. The Labute approximate surface area is 143 Å². The van der Waals surface area contributed by atoms with Crippen LogP contribution < -0.4 is 0 Å². The molecule has 2 heteroatoms. The maximum absolute atomic E-state index is 5.61. The predicted octanol–water partition coefficient (Wildman–Crippen LogP) is 5.78. The second kappa shape index (κ2) is 7.31. The summed E-state index contributed by atoms with van der Waals surface area (Å²) >= 11 is 0. The maximum Gasteiger partial charge on any atom is 0.226 e. The lowest BCUT2D eigenvalue weighted by Gasteiger charge is -2.09. The highest BCUT2D eigenvalue weighted by atomic mass is 16.3. The molecule has 0 saturated heterocycles. The van der Waals surface area contributed by atoms with Gasteiger partial charge in [0.1, 0.15) is 6.26 Å². The van der Waals surface area contributed by atoms with Gasteiger partial charge in [0.2, 0.25) is 5.89 Å². The van der Waals surface area contributed by atoms with Crippen LogP contribution in [-0.4, -0.2) is 4.98 Å². The Morgan fingerprint density at radius 2 is 1.92 bits per heavy atom. The van der Waals surface area contributed by atoms with Gasteiger partial charge in [-0.05, 0) is 56.4 Å². The summed E-state index contributed by atoms with van der Waals surface area (Å²) < 4.78 is 5.61. The van der Waals surface area contributed by atoms with Gasteiger partial charge in [-0.3, -0.25) is 0 Å². The van der Waals surface area contributed by atoms with Crippen LogP contribution >= 0.6 is 0 Å². The number of hydrogen-bond acceptors (Lipinski definition) is 2. The highest BCUT2D eigenvalue weighted by Crippen LogP contribution is 2.25. The van der Waals surface area contributed by atoms with Crippen molar-refractivity contribution in [2.45, 2.75) is 33.6 Å². The van der Waals surface area contributed by atoms with Gasteiger partial charge >= 0.3 is 0 Å². The normalized spacial score (nSPS) is 11.3. The van der Waals surface area contributed by atoms with Gasteiger partial charge in [-0.25, -0.2) is 4.98 Å². The average Bonchev–Trinajstić information content (AvgIpc) is 3.00. The lowest BCUT2D eigenvalue weighted by atomic mass is 9.97. The van der Waals surface area contributed by atoms with Gasteiger partial charge in [-0.1, -0.05) is 54.1 Å². The van der Waals surface area contributed by atoms with Crippen LogP contribution in [0, 0.1) is 13.8 Å². The third-order valence-corrected chi connectivity index (χ3v) is 4.10. The number of nitrogens with zero attached hydrogens (tertiary/aromatic N) is 1. The standard InChI is InChI=1S/C22H23NO/c1-4-6-18-7-5-8-19(14-18)10-11-20-13-16(2)9-12-21(20)22-23-17(3)15-24-22/h4-9,12-15H,10-11H2,1-3H3. The molecule has 1 aromatic heterocycles. The summed E-state index contributed by atoms with van der Waals surface area (Å²) in [7, 11) is 0. The minimum absolute atomic E-state index is 0.713. The monoisotopic (exact) mass is 317 g/mol. The Morgan fingerprint density at radius 1 is 1.04 bits per heavy atom. The van der Waals surface area contributed by atoms with Gasteiger partial charge in [-0.15, -0.1) is 0 Å². The molecule has 1 heterocycles. The molecule has 0 spiro atoms. The molecule has 24 heavy (non-hydrogen) atoms. The lowest BCUT2D eigenvalue weighted by molar-refractivity contribution is 0.572. The number of allylic oxidation sites excluding steroid dienone is 1. The van der Waals surface area contributed by atoms with E-state index in [-0.39, 0.29) is 0 Å². The molecule has 0 atom stereocenters. The minimum atomic E-state index is 0.713. The van der Waals surface area contributed by atoms with Crippen molar-refractivity contribution in [3.8, 4) is 11.5 Å². The summed E-state index contributed by atoms with van der Waals surface area (Å²) in [6, 6.07) is 15.2. The zero-order valence-electron chi connectivity index (χ0n) is 14.5. The second-order valence-corrected chi connectivity index (χ2v) is 6.20. The molecule has 0 amide bonds. The van der Waals surface area contributed by atoms with E-state index in [0.29, 0.717) is 5.89 Å². The largest absolute Gasteiger partial charge is 0.444 e. The SMILES string of the molecule is CC=Cc1cccc(CCc2cc(C)ccc2-c2nc(C)co2)c1. The summed E-state index contributed by atoms with van der Waals surface area (Å²) in [5.74, 6) is 0.713. The molecule has 3 aromatic rings. The number of hydrogen-bond donors (Lipinski definition) is 0. The van der Waals surface area contributed by atoms with Crippen molar-refractivity contribution in [1.29, 1.82) is 0 Å². The van der Waals surface area contributed by atoms with E-state index in [1.165, 1.54) is 22.3 Å². The topological polar surface area (TPSA) is 26.0 Å². The Kier molecular flexibility index (Phi) is 4.95. The highest BCUT2D eigenvalue weighted by molar-refractivity contribution is 5.60. The van der Waals surface area contributed by atoms with E-state index in [0.717, 1.165) is 24.1 Å². The number of oxazole rings is 1. The first-order valence-electron chi connectivity index (χ1n) is 8.39. The molecule has 2 aromatic carbocycles. The van der Waals surface area contributed by atoms with Crippen LogP contribution in [0.25, 0.3) is 17.5 Å². The van der Waals surface area contributed by atoms with Gasteiger partial charge in [0.25, 0.3) is 0 Å². The fraction of sp³-hybridized carbons (Fsp3) is 0.227. The average molecular weight is 317 g/mol. The molecular formula is C22H23NO. The van der Waals surface area contributed by atoms with E-state index >= 15 is 0 Å². The van der Waals surface area contributed by atoms with E-state index in [1.54, 1.807) is 6.26 Å². The van der Waals surface area contributed by atoms with Crippen molar-refractivity contribution in [1.82, 2.24) is 4.98 Å². The molecule has 0 N–H and O–H groups in total. The summed E-state index contributed by atoms with van der Waals surface area (Å²) in [4.78, 5) is 4.49.